The Bertz CT molecular complexity index is 988. The molecule has 0 N–H and O–H groups in total. The van der Waals surface area contributed by atoms with E-state index < -0.39 is 10.0 Å². The molecule has 0 unspecified atom stereocenters. The summed E-state index contributed by atoms with van der Waals surface area (Å²) >= 11 is 3.41. The molecule has 2 aromatic rings. The molecule has 0 bridgehead atoms. The van der Waals surface area contributed by atoms with Crippen LogP contribution < -0.4 is 9.21 Å². The number of aryl methyl sites for hydroxylation is 1. The maximum absolute atomic E-state index is 13.2. The molecule has 1 atom stereocenters. The number of halogens is 1. The van der Waals surface area contributed by atoms with E-state index in [9.17, 15) is 13.2 Å². The largest absolute Gasteiger partial charge is 0.309 e. The smallest absolute Gasteiger partial charge is 0.265 e. The Hall–Kier alpha value is -1.86. The second kappa shape index (κ2) is 6.70. The van der Waals surface area contributed by atoms with Crippen molar-refractivity contribution in [2.45, 2.75) is 38.1 Å². The topological polar surface area (TPSA) is 57.7 Å². The summed E-state index contributed by atoms with van der Waals surface area (Å²) in [5, 5.41) is 0. The van der Waals surface area contributed by atoms with Gasteiger partial charge in [-0.2, -0.15) is 0 Å². The van der Waals surface area contributed by atoms with Crippen LogP contribution in [0.15, 0.2) is 45.8 Å². The number of carbonyl (C=O) groups excluding carboxylic acids is 1. The van der Waals surface area contributed by atoms with Gasteiger partial charge in [0.25, 0.3) is 10.0 Å². The van der Waals surface area contributed by atoms with Gasteiger partial charge in [0.15, 0.2) is 0 Å². The highest BCUT2D eigenvalue weighted by atomic mass is 79.9. The number of hydrogen-bond donors (Lipinski definition) is 0. The average molecular weight is 437 g/mol. The van der Waals surface area contributed by atoms with E-state index in [1.54, 1.807) is 17.0 Å². The summed E-state index contributed by atoms with van der Waals surface area (Å²) in [5.41, 5.74) is 3.21. The molecule has 1 heterocycles. The number of sulfonamides is 1. The van der Waals surface area contributed by atoms with E-state index in [0.29, 0.717) is 22.3 Å². The molecule has 5 nitrogen and oxygen atoms in total. The summed E-state index contributed by atoms with van der Waals surface area (Å²) in [4.78, 5) is 13.8. The lowest BCUT2D eigenvalue weighted by molar-refractivity contribution is -0.116. The van der Waals surface area contributed by atoms with Crippen molar-refractivity contribution in [3.63, 3.8) is 0 Å². The summed E-state index contributed by atoms with van der Waals surface area (Å²) in [6.07, 6.45) is 0.710. The number of rotatable bonds is 3. The fourth-order valence-electron chi connectivity index (χ4n) is 3.41. The monoisotopic (exact) mass is 436 g/mol. The van der Waals surface area contributed by atoms with Crippen LogP contribution in [0, 0.1) is 6.92 Å². The number of carbonyl (C=O) groups is 1. The van der Waals surface area contributed by atoms with Crippen LogP contribution in [0.3, 0.4) is 0 Å². The fraction of sp³-hybridized carbons (Fsp3) is 0.316. The molecule has 0 radical (unpaired) electrons. The summed E-state index contributed by atoms with van der Waals surface area (Å²) < 4.78 is 28.2. The Kier molecular flexibility index (Phi) is 4.88. The average Bonchev–Trinajstić information content (AvgIpc) is 2.88. The lowest BCUT2D eigenvalue weighted by Crippen LogP contribution is -2.33. The Labute approximate surface area is 162 Å². The highest BCUT2D eigenvalue weighted by Gasteiger charge is 2.33. The summed E-state index contributed by atoms with van der Waals surface area (Å²) in [5.74, 6) is -0.0889. The van der Waals surface area contributed by atoms with Crippen molar-refractivity contribution < 1.29 is 13.2 Å². The molecule has 0 aliphatic carbocycles. The molecule has 2 aromatic carbocycles. The zero-order chi connectivity index (χ0) is 19.2. The molecule has 1 aliphatic rings. The van der Waals surface area contributed by atoms with Gasteiger partial charge in [0.2, 0.25) is 5.91 Å². The van der Waals surface area contributed by atoms with E-state index in [2.05, 4.69) is 15.9 Å². The van der Waals surface area contributed by atoms with E-state index in [4.69, 9.17) is 0 Å². The maximum atomic E-state index is 13.2. The number of fused-ring (bicyclic) bond motifs is 1. The van der Waals surface area contributed by atoms with Gasteiger partial charge >= 0.3 is 0 Å². The lowest BCUT2D eigenvalue weighted by Gasteiger charge is -2.23. The molecule has 1 aliphatic heterocycles. The van der Waals surface area contributed by atoms with Crippen molar-refractivity contribution in [1.82, 2.24) is 0 Å². The van der Waals surface area contributed by atoms with Gasteiger partial charge < -0.3 is 4.90 Å². The number of anilines is 2. The number of amides is 1. The third-order valence-electron chi connectivity index (χ3n) is 4.69. The minimum absolute atomic E-state index is 0.0156. The van der Waals surface area contributed by atoms with Gasteiger partial charge in [-0.1, -0.05) is 12.1 Å². The van der Waals surface area contributed by atoms with Gasteiger partial charge in [-0.15, -0.1) is 0 Å². The second-order valence-corrected chi connectivity index (χ2v) is 9.46. The molecular weight excluding hydrogens is 416 g/mol. The molecule has 0 spiro atoms. The van der Waals surface area contributed by atoms with E-state index in [1.165, 1.54) is 18.3 Å². The Morgan fingerprint density at radius 1 is 1.27 bits per heavy atom. The number of nitrogens with zero attached hydrogens (tertiary/aromatic N) is 2. The van der Waals surface area contributed by atoms with Crippen LogP contribution >= 0.6 is 15.9 Å². The van der Waals surface area contributed by atoms with Crippen molar-refractivity contribution in [2.75, 3.05) is 16.3 Å². The molecule has 0 saturated heterocycles. The van der Waals surface area contributed by atoms with Crippen LogP contribution in [0.5, 0.6) is 0 Å². The molecule has 138 valence electrons. The third-order valence-corrected chi connectivity index (χ3v) is 7.44. The SMILES string of the molecule is CC(=O)N1c2cc(S(=O)(=O)N(C)c3cccc(C)c3)c(Br)cc2C[C@@H]1C. The molecule has 26 heavy (non-hydrogen) atoms. The standard InChI is InChI=1S/C19H21BrN2O3S/c1-12-6-5-7-16(8-12)21(4)26(24,25)19-11-18-15(10-17(19)20)9-13(2)22(18)14(3)23/h5-8,10-11,13H,9H2,1-4H3/t13-/m0/s1. The van der Waals surface area contributed by atoms with Crippen molar-refractivity contribution in [1.29, 1.82) is 0 Å². The third kappa shape index (κ3) is 3.14. The van der Waals surface area contributed by atoms with Gasteiger partial charge in [-0.05, 0) is 71.6 Å². The normalized spacial score (nSPS) is 16.5. The van der Waals surface area contributed by atoms with Crippen LogP contribution in [0.25, 0.3) is 0 Å². The minimum Gasteiger partial charge on any atom is -0.309 e. The second-order valence-electron chi connectivity index (χ2n) is 6.67. The molecule has 0 saturated carbocycles. The van der Waals surface area contributed by atoms with Crippen molar-refractivity contribution >= 4 is 43.2 Å². The first-order valence-electron chi connectivity index (χ1n) is 8.30. The molecular formula is C19H21BrN2O3S. The number of benzene rings is 2. The quantitative estimate of drug-likeness (QED) is 0.733. The first kappa shape index (κ1) is 18.9. The van der Waals surface area contributed by atoms with Crippen LogP contribution in [-0.4, -0.2) is 27.4 Å². The van der Waals surface area contributed by atoms with Gasteiger partial charge in [-0.3, -0.25) is 9.10 Å². The Morgan fingerprint density at radius 3 is 2.58 bits per heavy atom. The van der Waals surface area contributed by atoms with Gasteiger partial charge in [0.1, 0.15) is 4.90 Å². The molecule has 1 amide bonds. The zero-order valence-electron chi connectivity index (χ0n) is 15.2. The summed E-state index contributed by atoms with van der Waals surface area (Å²) in [7, 11) is -2.24. The first-order valence-corrected chi connectivity index (χ1v) is 10.5. The number of hydrogen-bond acceptors (Lipinski definition) is 3. The van der Waals surface area contributed by atoms with Crippen LogP contribution in [0.1, 0.15) is 25.0 Å². The summed E-state index contributed by atoms with van der Waals surface area (Å²) in [6, 6.07) is 10.8. The lowest BCUT2D eigenvalue weighted by atomic mass is 10.1. The molecule has 0 fully saturated rings. The summed E-state index contributed by atoms with van der Waals surface area (Å²) in [6.45, 7) is 5.38. The van der Waals surface area contributed by atoms with E-state index in [1.807, 2.05) is 38.1 Å². The van der Waals surface area contributed by atoms with Crippen molar-refractivity contribution in [3.8, 4) is 0 Å². The molecule has 3 rings (SSSR count). The Morgan fingerprint density at radius 2 is 1.96 bits per heavy atom. The highest BCUT2D eigenvalue weighted by Crippen LogP contribution is 2.39. The molecule has 0 aromatic heterocycles. The Balaban J connectivity index is 2.11. The zero-order valence-corrected chi connectivity index (χ0v) is 17.6. The van der Waals surface area contributed by atoms with Gasteiger partial charge in [-0.25, -0.2) is 8.42 Å². The van der Waals surface area contributed by atoms with Crippen LogP contribution in [0.4, 0.5) is 11.4 Å². The highest BCUT2D eigenvalue weighted by molar-refractivity contribution is 9.10. The minimum atomic E-state index is -3.78. The van der Waals surface area contributed by atoms with Crippen LogP contribution in [0.2, 0.25) is 0 Å². The van der Waals surface area contributed by atoms with Gasteiger partial charge in [0, 0.05) is 30.2 Å². The predicted molar refractivity (Wildman–Crippen MR) is 107 cm³/mol. The first-order chi connectivity index (χ1) is 12.1. The van der Waals surface area contributed by atoms with E-state index in [0.717, 1.165) is 11.1 Å². The van der Waals surface area contributed by atoms with E-state index >= 15 is 0 Å². The van der Waals surface area contributed by atoms with E-state index in [-0.39, 0.29) is 16.8 Å². The fourth-order valence-corrected chi connectivity index (χ4v) is 5.66. The van der Waals surface area contributed by atoms with Gasteiger partial charge in [0.05, 0.1) is 5.69 Å². The predicted octanol–water partition coefficient (Wildman–Crippen LogP) is 3.88. The molecule has 7 heteroatoms. The maximum Gasteiger partial charge on any atom is 0.265 e. The van der Waals surface area contributed by atoms with Crippen LogP contribution in [-0.2, 0) is 21.2 Å². The van der Waals surface area contributed by atoms with Crippen molar-refractivity contribution in [3.05, 3.63) is 52.0 Å². The van der Waals surface area contributed by atoms with Crippen molar-refractivity contribution in [2.24, 2.45) is 0 Å².